The van der Waals surface area contributed by atoms with E-state index < -0.39 is 0 Å². The number of pyridine rings is 1. The summed E-state index contributed by atoms with van der Waals surface area (Å²) >= 11 is 0. The molecule has 0 fully saturated rings. The Morgan fingerprint density at radius 3 is 1.58 bits per heavy atom. The van der Waals surface area contributed by atoms with Gasteiger partial charge in [0.15, 0.2) is 5.65 Å². The Balaban J connectivity index is 1.18. The SMILES string of the molecule is c1ccc(-n2c3ccccc3c3c4cccc5c6cccc7c6c(cc6c7c7ccccc7n6-c6nc(-c7cccc8ccccc78)c7cccnc7n6)c(cc32)c54)cc1. The molecule has 14 aromatic rings. The second kappa shape index (κ2) is 11.7. The summed E-state index contributed by atoms with van der Waals surface area (Å²) in [5.74, 6) is 0.596. The smallest absolute Gasteiger partial charge is 0.237 e. The molecule has 0 atom stereocenters. The normalized spacial score (nSPS) is 12.3. The molecule has 0 radical (unpaired) electrons. The Labute approximate surface area is 342 Å². The molecule has 0 saturated carbocycles. The molecular formula is C55H31N5. The molecule has 4 aromatic heterocycles. The highest BCUT2D eigenvalue weighted by atomic mass is 15.2. The maximum atomic E-state index is 5.52. The van der Waals surface area contributed by atoms with E-state index in [0.29, 0.717) is 11.6 Å². The van der Waals surface area contributed by atoms with E-state index in [1.807, 2.05) is 12.3 Å². The molecular weight excluding hydrogens is 731 g/mol. The number of rotatable bonds is 3. The van der Waals surface area contributed by atoms with Crippen molar-refractivity contribution in [2.24, 2.45) is 0 Å². The molecule has 0 aliphatic carbocycles. The number of nitrogens with zero attached hydrogens (tertiary/aromatic N) is 5. The minimum atomic E-state index is 0.596. The van der Waals surface area contributed by atoms with E-state index in [0.717, 1.165) is 44.1 Å². The lowest BCUT2D eigenvalue weighted by molar-refractivity contribution is 1.01. The van der Waals surface area contributed by atoms with Gasteiger partial charge in [-0.2, -0.15) is 4.98 Å². The van der Waals surface area contributed by atoms with Gasteiger partial charge in [-0.15, -0.1) is 0 Å². The third-order valence-corrected chi connectivity index (χ3v) is 12.9. The predicted molar refractivity (Wildman–Crippen MR) is 250 cm³/mol. The van der Waals surface area contributed by atoms with Crippen LogP contribution in [0.25, 0.3) is 131 Å². The van der Waals surface area contributed by atoms with Gasteiger partial charge >= 0.3 is 0 Å². The Morgan fingerprint density at radius 1 is 0.333 bits per heavy atom. The van der Waals surface area contributed by atoms with Crippen molar-refractivity contribution in [3.63, 3.8) is 0 Å². The summed E-state index contributed by atoms with van der Waals surface area (Å²) in [5, 5.41) is 18.1. The van der Waals surface area contributed by atoms with Crippen LogP contribution in [0.2, 0.25) is 0 Å². The standard InChI is InChI=1S/C55H31N5/c1-2-16-33(17-3-1)59-45-27-8-6-19-38(45)51-40-24-11-21-35-36-22-12-25-41-50(36)44(43(49(35)40)30-47(51)59)31-48-52(41)39-20-7-9-28-46(39)60(48)55-57-53(42-26-13-29-56-54(42)58-55)37-23-10-15-32-14-4-5-18-34(32)37/h1-31H. The van der Waals surface area contributed by atoms with Gasteiger partial charge in [0.25, 0.3) is 0 Å². The van der Waals surface area contributed by atoms with E-state index in [2.05, 4.69) is 185 Å². The van der Waals surface area contributed by atoms with Crippen LogP contribution in [0.4, 0.5) is 0 Å². The van der Waals surface area contributed by atoms with Crippen molar-refractivity contribution >= 4 is 109 Å². The summed E-state index contributed by atoms with van der Waals surface area (Å²) in [5.41, 5.74) is 8.24. The van der Waals surface area contributed by atoms with E-state index in [1.165, 1.54) is 75.7 Å². The summed E-state index contributed by atoms with van der Waals surface area (Å²) in [6.07, 6.45) is 1.82. The van der Waals surface area contributed by atoms with Crippen molar-refractivity contribution < 1.29 is 0 Å². The molecule has 0 saturated heterocycles. The van der Waals surface area contributed by atoms with Crippen molar-refractivity contribution in [3.05, 3.63) is 188 Å². The fraction of sp³-hybridized carbons (Fsp3) is 0. The number of hydrogen-bond donors (Lipinski definition) is 0. The molecule has 5 nitrogen and oxygen atoms in total. The molecule has 4 heterocycles. The first-order valence-corrected chi connectivity index (χ1v) is 20.5. The van der Waals surface area contributed by atoms with E-state index in [1.54, 1.807) is 0 Å². The largest absolute Gasteiger partial charge is 0.309 e. The van der Waals surface area contributed by atoms with Gasteiger partial charge in [0.2, 0.25) is 5.95 Å². The minimum absolute atomic E-state index is 0.596. The Bertz CT molecular complexity index is 4120. The van der Waals surface area contributed by atoms with E-state index >= 15 is 0 Å². The van der Waals surface area contributed by atoms with Gasteiger partial charge in [-0.1, -0.05) is 133 Å². The number of benzene rings is 10. The molecule has 0 unspecified atom stereocenters. The lowest BCUT2D eigenvalue weighted by atomic mass is 9.87. The molecule has 0 spiro atoms. The van der Waals surface area contributed by atoms with Crippen LogP contribution in [-0.4, -0.2) is 24.1 Å². The first-order chi connectivity index (χ1) is 29.8. The second-order valence-corrected chi connectivity index (χ2v) is 15.9. The molecule has 0 bridgehead atoms. The fourth-order valence-electron chi connectivity index (χ4n) is 10.5. The zero-order chi connectivity index (χ0) is 39.1. The third kappa shape index (κ3) is 4.12. The van der Waals surface area contributed by atoms with Gasteiger partial charge < -0.3 is 4.57 Å². The van der Waals surface area contributed by atoms with Gasteiger partial charge in [0.1, 0.15) is 0 Å². The van der Waals surface area contributed by atoms with Crippen LogP contribution in [0, 0.1) is 0 Å². The van der Waals surface area contributed by atoms with Crippen molar-refractivity contribution in [1.29, 1.82) is 0 Å². The highest BCUT2D eigenvalue weighted by molar-refractivity contribution is 6.41. The molecule has 5 heteroatoms. The van der Waals surface area contributed by atoms with E-state index in [9.17, 15) is 0 Å². The topological polar surface area (TPSA) is 48.5 Å². The lowest BCUT2D eigenvalue weighted by Crippen LogP contribution is -2.04. The van der Waals surface area contributed by atoms with E-state index in [4.69, 9.17) is 15.0 Å². The van der Waals surface area contributed by atoms with Crippen LogP contribution < -0.4 is 0 Å². The average Bonchev–Trinajstić information content (AvgIpc) is 3.83. The minimum Gasteiger partial charge on any atom is -0.309 e. The monoisotopic (exact) mass is 761 g/mol. The van der Waals surface area contributed by atoms with Gasteiger partial charge in [-0.25, -0.2) is 9.97 Å². The quantitative estimate of drug-likeness (QED) is 0.133. The van der Waals surface area contributed by atoms with Crippen molar-refractivity contribution in [2.75, 3.05) is 0 Å². The van der Waals surface area contributed by atoms with Crippen LogP contribution in [-0.2, 0) is 0 Å². The van der Waals surface area contributed by atoms with Crippen LogP contribution in [0.5, 0.6) is 0 Å². The number of hydrogen-bond acceptors (Lipinski definition) is 3. The molecule has 0 N–H and O–H groups in total. The van der Waals surface area contributed by atoms with E-state index in [-0.39, 0.29) is 0 Å². The molecule has 276 valence electrons. The summed E-state index contributed by atoms with van der Waals surface area (Å²) in [6.45, 7) is 0. The average molecular weight is 762 g/mol. The Kier molecular flexibility index (Phi) is 6.23. The predicted octanol–water partition coefficient (Wildman–Crippen LogP) is 14.1. The van der Waals surface area contributed by atoms with Gasteiger partial charge in [0.05, 0.1) is 27.8 Å². The summed E-state index contributed by atoms with van der Waals surface area (Å²) in [7, 11) is 0. The van der Waals surface area contributed by atoms with Gasteiger partial charge in [0, 0.05) is 44.4 Å². The summed E-state index contributed by atoms with van der Waals surface area (Å²) in [6, 6.07) is 65.9. The maximum absolute atomic E-state index is 5.52. The highest BCUT2D eigenvalue weighted by Crippen LogP contribution is 2.49. The maximum Gasteiger partial charge on any atom is 0.237 e. The number of aromatic nitrogens is 5. The van der Waals surface area contributed by atoms with Crippen LogP contribution in [0.15, 0.2) is 188 Å². The second-order valence-electron chi connectivity index (χ2n) is 15.9. The summed E-state index contributed by atoms with van der Waals surface area (Å²) in [4.78, 5) is 15.6. The molecule has 0 aliphatic heterocycles. The van der Waals surface area contributed by atoms with Gasteiger partial charge in [-0.3, -0.25) is 4.57 Å². The van der Waals surface area contributed by atoms with Crippen LogP contribution in [0.3, 0.4) is 0 Å². The molecule has 10 aromatic carbocycles. The fourth-order valence-corrected chi connectivity index (χ4v) is 10.5. The molecule has 14 rings (SSSR count). The van der Waals surface area contributed by atoms with Crippen LogP contribution >= 0.6 is 0 Å². The molecule has 0 aliphatic rings. The first kappa shape index (κ1) is 31.9. The first-order valence-electron chi connectivity index (χ1n) is 20.5. The molecule has 0 amide bonds. The van der Waals surface area contributed by atoms with Gasteiger partial charge in [-0.05, 0) is 102 Å². The number of para-hydroxylation sites is 3. The number of fused-ring (bicyclic) bond motifs is 12. The Hall–Kier alpha value is -8.15. The van der Waals surface area contributed by atoms with Crippen LogP contribution in [0.1, 0.15) is 0 Å². The lowest BCUT2D eigenvalue weighted by Gasteiger charge is -2.17. The third-order valence-electron chi connectivity index (χ3n) is 12.9. The molecule has 60 heavy (non-hydrogen) atoms. The zero-order valence-corrected chi connectivity index (χ0v) is 32.1. The Morgan fingerprint density at radius 2 is 0.867 bits per heavy atom. The van der Waals surface area contributed by atoms with Crippen molar-refractivity contribution in [1.82, 2.24) is 24.1 Å². The zero-order valence-electron chi connectivity index (χ0n) is 32.1. The van der Waals surface area contributed by atoms with Crippen molar-refractivity contribution in [3.8, 4) is 22.9 Å². The highest BCUT2D eigenvalue weighted by Gasteiger charge is 2.24. The van der Waals surface area contributed by atoms with Crippen molar-refractivity contribution in [2.45, 2.75) is 0 Å². The summed E-state index contributed by atoms with van der Waals surface area (Å²) < 4.78 is 4.71.